The molecule has 0 heterocycles. The minimum absolute atomic E-state index is 0.0302. The van der Waals surface area contributed by atoms with Crippen molar-refractivity contribution in [2.75, 3.05) is 38.6 Å². The molecule has 4 nitrogen and oxygen atoms in total. The summed E-state index contributed by atoms with van der Waals surface area (Å²) in [7, 11) is 3.88. The number of rotatable bonds is 7. The van der Waals surface area contributed by atoms with Crippen LogP contribution < -0.4 is 4.90 Å². The Labute approximate surface area is 117 Å². The minimum Gasteiger partial charge on any atom is -0.481 e. The quantitative estimate of drug-likeness (QED) is 0.836. The number of halogens is 2. The number of aliphatic carboxylic acids is 1. The van der Waals surface area contributed by atoms with Gasteiger partial charge in [-0.2, -0.15) is 0 Å². The molecule has 0 aliphatic carbocycles. The van der Waals surface area contributed by atoms with E-state index in [2.05, 4.69) is 0 Å². The van der Waals surface area contributed by atoms with Crippen LogP contribution in [-0.2, 0) is 4.79 Å². The fourth-order valence-corrected chi connectivity index (χ4v) is 1.78. The van der Waals surface area contributed by atoms with Gasteiger partial charge in [-0.1, -0.05) is 11.6 Å². The second-order valence-corrected chi connectivity index (χ2v) is 4.94. The molecule has 0 fully saturated rings. The van der Waals surface area contributed by atoms with Crippen molar-refractivity contribution in [2.24, 2.45) is 0 Å². The molecule has 1 rings (SSSR count). The molecule has 0 unspecified atom stereocenters. The minimum atomic E-state index is -0.858. The van der Waals surface area contributed by atoms with Gasteiger partial charge in [0.1, 0.15) is 5.82 Å². The smallest absolute Gasteiger partial charge is 0.305 e. The lowest BCUT2D eigenvalue weighted by Gasteiger charge is -2.26. The van der Waals surface area contributed by atoms with Crippen molar-refractivity contribution in [1.82, 2.24) is 4.90 Å². The zero-order valence-corrected chi connectivity index (χ0v) is 11.8. The largest absolute Gasteiger partial charge is 0.481 e. The third-order valence-electron chi connectivity index (χ3n) is 2.68. The molecule has 106 valence electrons. The molecule has 0 atom stereocenters. The lowest BCUT2D eigenvalue weighted by atomic mass is 10.2. The molecule has 19 heavy (non-hydrogen) atoms. The molecule has 0 aliphatic heterocycles. The van der Waals surface area contributed by atoms with Crippen LogP contribution in [0.15, 0.2) is 18.2 Å². The topological polar surface area (TPSA) is 43.8 Å². The van der Waals surface area contributed by atoms with E-state index in [1.165, 1.54) is 12.1 Å². The summed E-state index contributed by atoms with van der Waals surface area (Å²) in [5.41, 5.74) is 0.731. The standard InChI is InChI=1S/C13H18ClFN2O2/c1-16(2)7-8-17(6-5-13(18)19)10-3-4-12(15)11(14)9-10/h3-4,9H,5-8H2,1-2H3,(H,18,19). The molecule has 0 bridgehead atoms. The van der Waals surface area contributed by atoms with Crippen molar-refractivity contribution in [3.63, 3.8) is 0 Å². The highest BCUT2D eigenvalue weighted by Crippen LogP contribution is 2.22. The van der Waals surface area contributed by atoms with Gasteiger partial charge in [0.25, 0.3) is 0 Å². The Hall–Kier alpha value is -1.33. The highest BCUT2D eigenvalue weighted by molar-refractivity contribution is 6.31. The number of likely N-dealkylation sites (N-methyl/N-ethyl adjacent to an activating group) is 1. The predicted molar refractivity (Wildman–Crippen MR) is 74.4 cm³/mol. The van der Waals surface area contributed by atoms with Crippen molar-refractivity contribution >= 4 is 23.3 Å². The average Bonchev–Trinajstić information content (AvgIpc) is 2.32. The monoisotopic (exact) mass is 288 g/mol. The van der Waals surface area contributed by atoms with E-state index in [-0.39, 0.29) is 11.4 Å². The summed E-state index contributed by atoms with van der Waals surface area (Å²) < 4.78 is 13.1. The Kier molecular flexibility index (Phi) is 6.05. The number of hydrogen-bond acceptors (Lipinski definition) is 3. The highest BCUT2D eigenvalue weighted by Gasteiger charge is 2.11. The summed E-state index contributed by atoms with van der Waals surface area (Å²) in [6.07, 6.45) is 0.0302. The van der Waals surface area contributed by atoms with E-state index in [1.807, 2.05) is 23.9 Å². The van der Waals surface area contributed by atoms with Crippen molar-refractivity contribution < 1.29 is 14.3 Å². The summed E-state index contributed by atoms with van der Waals surface area (Å²) in [4.78, 5) is 14.6. The van der Waals surface area contributed by atoms with Gasteiger partial charge in [-0.15, -0.1) is 0 Å². The third-order valence-corrected chi connectivity index (χ3v) is 2.97. The van der Waals surface area contributed by atoms with E-state index in [9.17, 15) is 9.18 Å². The van der Waals surface area contributed by atoms with Crippen LogP contribution in [0, 0.1) is 5.82 Å². The first-order valence-corrected chi connectivity index (χ1v) is 6.34. The molecule has 0 radical (unpaired) electrons. The van der Waals surface area contributed by atoms with Gasteiger partial charge in [-0.05, 0) is 32.3 Å². The highest BCUT2D eigenvalue weighted by atomic mass is 35.5. The lowest BCUT2D eigenvalue weighted by molar-refractivity contribution is -0.136. The summed E-state index contributed by atoms with van der Waals surface area (Å²) in [5, 5.41) is 8.81. The first kappa shape index (κ1) is 15.7. The van der Waals surface area contributed by atoms with Crippen LogP contribution in [0.3, 0.4) is 0 Å². The number of carbonyl (C=O) groups is 1. The van der Waals surface area contributed by atoms with E-state index < -0.39 is 11.8 Å². The number of carboxylic acids is 1. The molecule has 0 spiro atoms. The number of anilines is 1. The molecular weight excluding hydrogens is 271 g/mol. The Bertz CT molecular complexity index is 441. The Morgan fingerprint density at radius 2 is 2.00 bits per heavy atom. The summed E-state index contributed by atoms with van der Waals surface area (Å²) in [5.74, 6) is -1.33. The fourth-order valence-electron chi connectivity index (χ4n) is 1.60. The maximum absolute atomic E-state index is 13.1. The molecule has 0 saturated carbocycles. The summed E-state index contributed by atoms with van der Waals surface area (Å²) in [6, 6.07) is 4.42. The van der Waals surface area contributed by atoms with Gasteiger partial charge < -0.3 is 14.9 Å². The van der Waals surface area contributed by atoms with Crippen LogP contribution >= 0.6 is 11.6 Å². The van der Waals surface area contributed by atoms with Gasteiger partial charge in [0.05, 0.1) is 11.4 Å². The second-order valence-electron chi connectivity index (χ2n) is 4.53. The molecular formula is C13H18ClFN2O2. The number of carboxylic acid groups (broad SMARTS) is 1. The molecule has 0 aliphatic rings. The van der Waals surface area contributed by atoms with Crippen LogP contribution in [0.1, 0.15) is 6.42 Å². The third kappa shape index (κ3) is 5.44. The van der Waals surface area contributed by atoms with Gasteiger partial charge in [0.15, 0.2) is 0 Å². The van der Waals surface area contributed by atoms with E-state index >= 15 is 0 Å². The van der Waals surface area contributed by atoms with Crippen molar-refractivity contribution in [1.29, 1.82) is 0 Å². The molecule has 0 aromatic heterocycles. The predicted octanol–water partition coefficient (Wildman–Crippen LogP) is 2.32. The molecule has 6 heteroatoms. The van der Waals surface area contributed by atoms with E-state index in [0.717, 1.165) is 12.2 Å². The summed E-state index contributed by atoms with van der Waals surface area (Å²) in [6.45, 7) is 1.79. The SMILES string of the molecule is CN(C)CCN(CCC(=O)O)c1ccc(F)c(Cl)c1. The second kappa shape index (κ2) is 7.31. The zero-order chi connectivity index (χ0) is 14.4. The molecule has 0 saturated heterocycles. The van der Waals surface area contributed by atoms with Crippen molar-refractivity contribution in [2.45, 2.75) is 6.42 Å². The van der Waals surface area contributed by atoms with Gasteiger partial charge in [0.2, 0.25) is 0 Å². The van der Waals surface area contributed by atoms with Crippen LogP contribution in [0.5, 0.6) is 0 Å². The van der Waals surface area contributed by atoms with Gasteiger partial charge in [-0.25, -0.2) is 4.39 Å². The average molecular weight is 289 g/mol. The molecule has 1 aromatic rings. The maximum atomic E-state index is 13.1. The molecule has 1 aromatic carbocycles. The lowest BCUT2D eigenvalue weighted by Crippen LogP contribution is -2.33. The normalized spacial score (nSPS) is 10.8. The Morgan fingerprint density at radius 3 is 2.53 bits per heavy atom. The Morgan fingerprint density at radius 1 is 1.32 bits per heavy atom. The van der Waals surface area contributed by atoms with Gasteiger partial charge >= 0.3 is 5.97 Å². The van der Waals surface area contributed by atoms with Crippen LogP contribution in [0.2, 0.25) is 5.02 Å². The number of hydrogen-bond donors (Lipinski definition) is 1. The van der Waals surface area contributed by atoms with Crippen molar-refractivity contribution in [3.8, 4) is 0 Å². The number of nitrogens with zero attached hydrogens (tertiary/aromatic N) is 2. The van der Waals surface area contributed by atoms with Crippen molar-refractivity contribution in [3.05, 3.63) is 29.0 Å². The van der Waals surface area contributed by atoms with Crippen LogP contribution in [0.4, 0.5) is 10.1 Å². The van der Waals surface area contributed by atoms with E-state index in [4.69, 9.17) is 16.7 Å². The van der Waals surface area contributed by atoms with Crippen LogP contribution in [-0.4, -0.2) is 49.7 Å². The zero-order valence-electron chi connectivity index (χ0n) is 11.1. The van der Waals surface area contributed by atoms with Gasteiger partial charge in [-0.3, -0.25) is 4.79 Å². The summed E-state index contributed by atoms with van der Waals surface area (Å²) >= 11 is 5.75. The molecule has 0 amide bonds. The first-order valence-electron chi connectivity index (χ1n) is 5.96. The Balaban J connectivity index is 2.80. The maximum Gasteiger partial charge on any atom is 0.305 e. The van der Waals surface area contributed by atoms with Gasteiger partial charge in [0, 0.05) is 25.3 Å². The first-order chi connectivity index (χ1) is 8.90. The number of benzene rings is 1. The fraction of sp³-hybridized carbons (Fsp3) is 0.462. The molecule has 1 N–H and O–H groups in total. The van der Waals surface area contributed by atoms with E-state index in [0.29, 0.717) is 13.1 Å². The van der Waals surface area contributed by atoms with E-state index in [1.54, 1.807) is 6.07 Å². The van der Waals surface area contributed by atoms with Crippen LogP contribution in [0.25, 0.3) is 0 Å².